The first-order valence-corrected chi connectivity index (χ1v) is 9.02. The summed E-state index contributed by atoms with van der Waals surface area (Å²) in [5, 5.41) is 0.532. The van der Waals surface area contributed by atoms with E-state index in [1.807, 2.05) is 37.3 Å². The molecule has 1 amide bonds. The molecule has 0 spiro atoms. The summed E-state index contributed by atoms with van der Waals surface area (Å²) < 4.78 is 5.21. The van der Waals surface area contributed by atoms with Crippen molar-refractivity contribution in [3.8, 4) is 0 Å². The van der Waals surface area contributed by atoms with Gasteiger partial charge in [0, 0.05) is 12.2 Å². The molecule has 1 aromatic rings. The van der Waals surface area contributed by atoms with Crippen LogP contribution in [-0.2, 0) is 14.3 Å². The molecule has 0 saturated carbocycles. The lowest BCUT2D eigenvalue weighted by molar-refractivity contribution is -0.138. The van der Waals surface area contributed by atoms with E-state index in [0.717, 1.165) is 12.1 Å². The van der Waals surface area contributed by atoms with E-state index in [9.17, 15) is 9.59 Å². The second-order valence-corrected chi connectivity index (χ2v) is 6.23. The quantitative estimate of drug-likeness (QED) is 0.765. The summed E-state index contributed by atoms with van der Waals surface area (Å²) in [5.74, 6) is -0.196. The standard InChI is InChI=1S/C18H22N2O3S/c1-4-11-20-13(3)16(18(22)23-5-2)17(24-12-15(20)21)19-14-9-7-6-8-10-14/h6-10H,4-5,11-12H2,1-3H3. The molecular formula is C18H22N2O3S. The minimum absolute atomic E-state index is 0.0144. The summed E-state index contributed by atoms with van der Waals surface area (Å²) in [5.41, 5.74) is 1.73. The first-order chi connectivity index (χ1) is 11.6. The van der Waals surface area contributed by atoms with Crippen molar-refractivity contribution in [3.05, 3.63) is 41.6 Å². The molecule has 0 fully saturated rings. The van der Waals surface area contributed by atoms with Gasteiger partial charge in [-0.05, 0) is 32.4 Å². The van der Waals surface area contributed by atoms with E-state index in [-0.39, 0.29) is 18.3 Å². The van der Waals surface area contributed by atoms with Crippen molar-refractivity contribution < 1.29 is 14.3 Å². The first kappa shape index (κ1) is 18.3. The van der Waals surface area contributed by atoms with Crippen molar-refractivity contribution >= 4 is 34.4 Å². The number of rotatable bonds is 5. The number of nitrogens with zero attached hydrogens (tertiary/aromatic N) is 2. The van der Waals surface area contributed by atoms with Gasteiger partial charge in [-0.25, -0.2) is 9.79 Å². The number of thioether (sulfide) groups is 1. The highest BCUT2D eigenvalue weighted by molar-refractivity contribution is 8.15. The number of hydrogen-bond acceptors (Lipinski definition) is 5. The molecular weight excluding hydrogens is 324 g/mol. The minimum Gasteiger partial charge on any atom is -0.462 e. The minimum atomic E-state index is -0.437. The summed E-state index contributed by atoms with van der Waals surface area (Å²) in [6.45, 7) is 6.40. The maximum Gasteiger partial charge on any atom is 0.342 e. The normalized spacial score (nSPS) is 17.2. The molecule has 0 saturated heterocycles. The summed E-state index contributed by atoms with van der Waals surface area (Å²) in [6.07, 6.45) is 0.814. The summed E-state index contributed by atoms with van der Waals surface area (Å²) >= 11 is 1.28. The fourth-order valence-electron chi connectivity index (χ4n) is 2.42. The number of aliphatic imine (C=N–C) groups is 1. The highest BCUT2D eigenvalue weighted by atomic mass is 32.2. The summed E-state index contributed by atoms with van der Waals surface area (Å²) in [7, 11) is 0. The van der Waals surface area contributed by atoms with Gasteiger partial charge in [-0.1, -0.05) is 36.9 Å². The number of amides is 1. The molecule has 2 rings (SSSR count). The van der Waals surface area contributed by atoms with Crippen molar-refractivity contribution in [2.24, 2.45) is 4.99 Å². The molecule has 1 aliphatic rings. The molecule has 1 aromatic carbocycles. The van der Waals surface area contributed by atoms with Crippen LogP contribution in [0.2, 0.25) is 0 Å². The Bertz CT molecular complexity index is 668. The van der Waals surface area contributed by atoms with E-state index in [1.54, 1.807) is 18.7 Å². The van der Waals surface area contributed by atoms with E-state index in [1.165, 1.54) is 11.8 Å². The van der Waals surface area contributed by atoms with Gasteiger partial charge < -0.3 is 9.64 Å². The zero-order valence-corrected chi connectivity index (χ0v) is 15.1. The lowest BCUT2D eigenvalue weighted by Crippen LogP contribution is -2.32. The Hall–Kier alpha value is -2.08. The highest BCUT2D eigenvalue weighted by Gasteiger charge is 2.30. The monoisotopic (exact) mass is 346 g/mol. The number of hydrogen-bond donors (Lipinski definition) is 0. The van der Waals surface area contributed by atoms with Crippen LogP contribution in [0.3, 0.4) is 0 Å². The number of esters is 1. The van der Waals surface area contributed by atoms with Crippen LogP contribution in [0.4, 0.5) is 5.69 Å². The fourth-order valence-corrected chi connectivity index (χ4v) is 3.38. The van der Waals surface area contributed by atoms with Gasteiger partial charge in [-0.3, -0.25) is 4.79 Å². The van der Waals surface area contributed by atoms with Crippen molar-refractivity contribution in [2.75, 3.05) is 18.9 Å². The van der Waals surface area contributed by atoms with Crippen LogP contribution in [0.15, 0.2) is 46.6 Å². The SMILES string of the molecule is CCCN1C(=O)CSC(=Nc2ccccc2)C(C(=O)OCC)=C1C. The lowest BCUT2D eigenvalue weighted by atomic mass is 10.2. The molecule has 0 aliphatic carbocycles. The third-order valence-electron chi connectivity index (χ3n) is 3.53. The molecule has 0 unspecified atom stereocenters. The molecule has 0 N–H and O–H groups in total. The van der Waals surface area contributed by atoms with E-state index < -0.39 is 5.97 Å². The van der Waals surface area contributed by atoms with Gasteiger partial charge in [-0.2, -0.15) is 0 Å². The van der Waals surface area contributed by atoms with Gasteiger partial charge in [0.1, 0.15) is 10.6 Å². The largest absolute Gasteiger partial charge is 0.462 e. The van der Waals surface area contributed by atoms with Crippen LogP contribution in [0.1, 0.15) is 27.2 Å². The molecule has 5 nitrogen and oxygen atoms in total. The maximum atomic E-state index is 12.5. The van der Waals surface area contributed by atoms with Crippen LogP contribution in [0, 0.1) is 0 Å². The molecule has 0 radical (unpaired) electrons. The topological polar surface area (TPSA) is 59.0 Å². The van der Waals surface area contributed by atoms with Crippen molar-refractivity contribution in [2.45, 2.75) is 27.2 Å². The van der Waals surface area contributed by atoms with Gasteiger partial charge in [0.05, 0.1) is 18.0 Å². The van der Waals surface area contributed by atoms with Crippen molar-refractivity contribution in [3.63, 3.8) is 0 Å². The Kier molecular flexibility index (Phi) is 6.61. The Morgan fingerprint density at radius 2 is 2.00 bits per heavy atom. The molecule has 0 bridgehead atoms. The van der Waals surface area contributed by atoms with E-state index in [4.69, 9.17) is 4.74 Å². The van der Waals surface area contributed by atoms with Crippen LogP contribution in [0.25, 0.3) is 0 Å². The summed E-state index contributed by atoms with van der Waals surface area (Å²) in [4.78, 5) is 31.2. The van der Waals surface area contributed by atoms with Gasteiger partial charge >= 0.3 is 5.97 Å². The zero-order chi connectivity index (χ0) is 17.5. The number of ether oxygens (including phenoxy) is 1. The Labute approximate surface area is 146 Å². The third kappa shape index (κ3) is 4.26. The Morgan fingerprint density at radius 1 is 1.29 bits per heavy atom. The number of carbonyl (C=O) groups excluding carboxylic acids is 2. The lowest BCUT2D eigenvalue weighted by Gasteiger charge is -2.22. The second kappa shape index (κ2) is 8.68. The van der Waals surface area contributed by atoms with Gasteiger partial charge in [0.2, 0.25) is 5.91 Å². The molecule has 0 aromatic heterocycles. The maximum absolute atomic E-state index is 12.5. The molecule has 1 aliphatic heterocycles. The highest BCUT2D eigenvalue weighted by Crippen LogP contribution is 2.28. The van der Waals surface area contributed by atoms with Crippen LogP contribution < -0.4 is 0 Å². The van der Waals surface area contributed by atoms with E-state index >= 15 is 0 Å². The second-order valence-electron chi connectivity index (χ2n) is 5.27. The fraction of sp³-hybridized carbons (Fsp3) is 0.389. The predicted octanol–water partition coefficient (Wildman–Crippen LogP) is 3.54. The average Bonchev–Trinajstić information content (AvgIpc) is 2.68. The Balaban J connectivity index is 2.53. The van der Waals surface area contributed by atoms with Crippen LogP contribution in [-0.4, -0.2) is 40.7 Å². The van der Waals surface area contributed by atoms with Crippen molar-refractivity contribution in [1.82, 2.24) is 4.90 Å². The molecule has 0 atom stereocenters. The zero-order valence-electron chi connectivity index (χ0n) is 14.2. The smallest absolute Gasteiger partial charge is 0.342 e. The third-order valence-corrected chi connectivity index (χ3v) is 4.49. The van der Waals surface area contributed by atoms with Gasteiger partial charge in [-0.15, -0.1) is 0 Å². The summed E-state index contributed by atoms with van der Waals surface area (Å²) in [6, 6.07) is 9.40. The van der Waals surface area contributed by atoms with E-state index in [0.29, 0.717) is 22.9 Å². The van der Waals surface area contributed by atoms with Crippen LogP contribution >= 0.6 is 11.8 Å². The number of para-hydroxylation sites is 1. The van der Waals surface area contributed by atoms with E-state index in [2.05, 4.69) is 4.99 Å². The molecule has 24 heavy (non-hydrogen) atoms. The molecule has 6 heteroatoms. The number of carbonyl (C=O) groups is 2. The predicted molar refractivity (Wildman–Crippen MR) is 97.3 cm³/mol. The van der Waals surface area contributed by atoms with Crippen molar-refractivity contribution in [1.29, 1.82) is 0 Å². The molecule has 1 heterocycles. The van der Waals surface area contributed by atoms with Crippen LogP contribution in [0.5, 0.6) is 0 Å². The number of allylic oxidation sites excluding steroid dienone is 1. The number of benzene rings is 1. The van der Waals surface area contributed by atoms with Gasteiger partial charge in [0.15, 0.2) is 0 Å². The average molecular weight is 346 g/mol. The Morgan fingerprint density at radius 3 is 2.62 bits per heavy atom. The first-order valence-electron chi connectivity index (χ1n) is 8.03. The van der Waals surface area contributed by atoms with Gasteiger partial charge in [0.25, 0.3) is 0 Å². The molecule has 128 valence electrons.